The van der Waals surface area contributed by atoms with Crippen molar-refractivity contribution < 1.29 is 9.53 Å². The van der Waals surface area contributed by atoms with E-state index in [-0.39, 0.29) is 11.2 Å². The summed E-state index contributed by atoms with van der Waals surface area (Å²) in [5, 5.41) is 2.71. The van der Waals surface area contributed by atoms with Crippen LogP contribution in [0.25, 0.3) is 5.69 Å². The number of nitrogen functional groups attached to an aromatic ring is 1. The minimum atomic E-state index is -0.523. The van der Waals surface area contributed by atoms with E-state index < -0.39 is 11.7 Å². The molecule has 0 fully saturated rings. The normalized spacial score (nSPS) is 11.4. The SMILES string of the molecule is Cn1c(CCCNC(=O)OC(C)(C)C)c(N)c(=O)n1-c1ccccc1. The van der Waals surface area contributed by atoms with Gasteiger partial charge in [0.05, 0.1) is 11.4 Å². The molecule has 2 aromatic rings. The van der Waals surface area contributed by atoms with Gasteiger partial charge in [-0.3, -0.25) is 9.48 Å². The topological polar surface area (TPSA) is 91.3 Å². The van der Waals surface area contributed by atoms with Crippen LogP contribution in [0.3, 0.4) is 0 Å². The standard InChI is InChI=1S/C18H26N4O3/c1-18(2,3)25-17(24)20-12-8-11-14-15(19)16(23)22(21(14)4)13-9-6-5-7-10-13/h5-7,9-10H,8,11-12,19H2,1-4H3,(H,20,24). The van der Waals surface area contributed by atoms with E-state index in [0.29, 0.717) is 19.4 Å². The van der Waals surface area contributed by atoms with Crippen molar-refractivity contribution in [2.24, 2.45) is 7.05 Å². The number of ether oxygens (including phenoxy) is 1. The maximum Gasteiger partial charge on any atom is 0.407 e. The Kier molecular flexibility index (Phi) is 5.56. The highest BCUT2D eigenvalue weighted by Crippen LogP contribution is 2.14. The molecule has 0 spiro atoms. The Morgan fingerprint density at radius 1 is 1.24 bits per heavy atom. The fourth-order valence-electron chi connectivity index (χ4n) is 2.59. The summed E-state index contributed by atoms with van der Waals surface area (Å²) >= 11 is 0. The molecule has 0 saturated heterocycles. The smallest absolute Gasteiger partial charge is 0.407 e. The molecule has 3 N–H and O–H groups in total. The number of nitrogens with zero attached hydrogens (tertiary/aromatic N) is 2. The van der Waals surface area contributed by atoms with Gasteiger partial charge >= 0.3 is 6.09 Å². The maximum absolute atomic E-state index is 12.4. The molecule has 0 radical (unpaired) electrons. The monoisotopic (exact) mass is 346 g/mol. The summed E-state index contributed by atoms with van der Waals surface area (Å²) in [4.78, 5) is 24.1. The fraction of sp³-hybridized carbons (Fsp3) is 0.444. The predicted octanol–water partition coefficient (Wildman–Crippen LogP) is 2.22. The Morgan fingerprint density at radius 3 is 2.48 bits per heavy atom. The summed E-state index contributed by atoms with van der Waals surface area (Å²) in [7, 11) is 1.81. The number of benzene rings is 1. The molecule has 1 aromatic carbocycles. The highest BCUT2D eigenvalue weighted by atomic mass is 16.6. The summed E-state index contributed by atoms with van der Waals surface area (Å²) < 4.78 is 8.50. The molecule has 136 valence electrons. The zero-order valence-electron chi connectivity index (χ0n) is 15.2. The molecule has 1 amide bonds. The van der Waals surface area contributed by atoms with Crippen molar-refractivity contribution in [1.82, 2.24) is 14.7 Å². The molecule has 1 aromatic heterocycles. The summed E-state index contributed by atoms with van der Waals surface area (Å²) in [6.45, 7) is 5.89. The van der Waals surface area contributed by atoms with Crippen molar-refractivity contribution >= 4 is 11.8 Å². The number of rotatable bonds is 5. The number of amides is 1. The predicted molar refractivity (Wildman–Crippen MR) is 98.0 cm³/mol. The molecule has 2 rings (SSSR count). The van der Waals surface area contributed by atoms with Crippen molar-refractivity contribution in [2.45, 2.75) is 39.2 Å². The summed E-state index contributed by atoms with van der Waals surface area (Å²) in [5.74, 6) is 0. The quantitative estimate of drug-likeness (QED) is 0.812. The second kappa shape index (κ2) is 7.46. The number of alkyl carbamates (subject to hydrolysis) is 1. The molecule has 0 unspecified atom stereocenters. The van der Waals surface area contributed by atoms with Crippen LogP contribution in [0.5, 0.6) is 0 Å². The zero-order valence-corrected chi connectivity index (χ0v) is 15.2. The molecule has 1 heterocycles. The van der Waals surface area contributed by atoms with Crippen LogP contribution in [0.4, 0.5) is 10.5 Å². The lowest BCUT2D eigenvalue weighted by molar-refractivity contribution is 0.0527. The van der Waals surface area contributed by atoms with Gasteiger partial charge in [-0.15, -0.1) is 0 Å². The van der Waals surface area contributed by atoms with E-state index in [1.807, 2.05) is 51.1 Å². The lowest BCUT2D eigenvalue weighted by Crippen LogP contribution is -2.33. The van der Waals surface area contributed by atoms with Crippen LogP contribution in [0, 0.1) is 0 Å². The van der Waals surface area contributed by atoms with Gasteiger partial charge in [-0.25, -0.2) is 9.48 Å². The number of hydrogen-bond acceptors (Lipinski definition) is 4. The van der Waals surface area contributed by atoms with E-state index in [9.17, 15) is 9.59 Å². The number of para-hydroxylation sites is 1. The Morgan fingerprint density at radius 2 is 1.88 bits per heavy atom. The Balaban J connectivity index is 2.02. The van der Waals surface area contributed by atoms with Crippen molar-refractivity contribution in [1.29, 1.82) is 0 Å². The van der Waals surface area contributed by atoms with Gasteiger partial charge in [-0.2, -0.15) is 0 Å². The molecule has 7 nitrogen and oxygen atoms in total. The van der Waals surface area contributed by atoms with Gasteiger partial charge in [0.1, 0.15) is 11.3 Å². The largest absolute Gasteiger partial charge is 0.444 e. The van der Waals surface area contributed by atoms with Gasteiger partial charge in [0.2, 0.25) is 0 Å². The number of carbonyl (C=O) groups is 1. The molecule has 0 aliphatic heterocycles. The third-order valence-corrected chi connectivity index (χ3v) is 3.68. The van der Waals surface area contributed by atoms with Crippen LogP contribution in [0.15, 0.2) is 35.1 Å². The molecule has 0 bridgehead atoms. The number of hydrogen-bond donors (Lipinski definition) is 2. The van der Waals surface area contributed by atoms with Crippen molar-refractivity contribution in [3.63, 3.8) is 0 Å². The van der Waals surface area contributed by atoms with Crippen molar-refractivity contribution in [2.75, 3.05) is 12.3 Å². The lowest BCUT2D eigenvalue weighted by atomic mass is 10.2. The van der Waals surface area contributed by atoms with Crippen LogP contribution in [0.1, 0.15) is 32.9 Å². The molecule has 0 aliphatic rings. The van der Waals surface area contributed by atoms with E-state index in [2.05, 4.69) is 5.32 Å². The highest BCUT2D eigenvalue weighted by Gasteiger charge is 2.17. The highest BCUT2D eigenvalue weighted by molar-refractivity contribution is 5.67. The average molecular weight is 346 g/mol. The van der Waals surface area contributed by atoms with Gasteiger partial charge in [0.25, 0.3) is 5.56 Å². The van der Waals surface area contributed by atoms with Crippen LogP contribution < -0.4 is 16.6 Å². The third-order valence-electron chi connectivity index (χ3n) is 3.68. The van der Waals surface area contributed by atoms with Crippen LogP contribution in [-0.4, -0.2) is 27.6 Å². The summed E-state index contributed by atoms with van der Waals surface area (Å²) in [6.07, 6.45) is 0.777. The lowest BCUT2D eigenvalue weighted by Gasteiger charge is -2.19. The zero-order chi connectivity index (χ0) is 18.6. The average Bonchev–Trinajstić information content (AvgIpc) is 2.73. The van der Waals surface area contributed by atoms with Crippen molar-refractivity contribution in [3.05, 3.63) is 46.4 Å². The van der Waals surface area contributed by atoms with E-state index in [0.717, 1.165) is 11.4 Å². The van der Waals surface area contributed by atoms with E-state index in [1.54, 1.807) is 16.4 Å². The van der Waals surface area contributed by atoms with Crippen LogP contribution in [-0.2, 0) is 18.2 Å². The first-order valence-corrected chi connectivity index (χ1v) is 8.29. The van der Waals surface area contributed by atoms with Gasteiger partial charge in [-0.05, 0) is 45.7 Å². The van der Waals surface area contributed by atoms with E-state index >= 15 is 0 Å². The summed E-state index contributed by atoms with van der Waals surface area (Å²) in [5.41, 5.74) is 7.00. The Bertz CT molecular complexity index is 785. The molecule has 0 atom stereocenters. The number of aromatic nitrogens is 2. The minimum Gasteiger partial charge on any atom is -0.444 e. The van der Waals surface area contributed by atoms with Crippen LogP contribution in [0.2, 0.25) is 0 Å². The second-order valence-electron chi connectivity index (χ2n) is 6.87. The van der Waals surface area contributed by atoms with Crippen molar-refractivity contribution in [3.8, 4) is 5.69 Å². The molecule has 7 heteroatoms. The number of anilines is 1. The first-order chi connectivity index (χ1) is 11.7. The van der Waals surface area contributed by atoms with Crippen LogP contribution >= 0.6 is 0 Å². The molecule has 0 saturated carbocycles. The number of carbonyl (C=O) groups excluding carboxylic acids is 1. The van der Waals surface area contributed by atoms with Gasteiger partial charge in [0, 0.05) is 13.6 Å². The minimum absolute atomic E-state index is 0.233. The maximum atomic E-state index is 12.4. The second-order valence-corrected chi connectivity index (χ2v) is 6.87. The number of nitrogens with two attached hydrogens (primary N) is 1. The van der Waals surface area contributed by atoms with Gasteiger partial charge < -0.3 is 15.8 Å². The van der Waals surface area contributed by atoms with Gasteiger partial charge in [0.15, 0.2) is 0 Å². The molecule has 0 aliphatic carbocycles. The Hall–Kier alpha value is -2.70. The van der Waals surface area contributed by atoms with Gasteiger partial charge in [-0.1, -0.05) is 18.2 Å². The van der Waals surface area contributed by atoms with E-state index in [4.69, 9.17) is 10.5 Å². The third kappa shape index (κ3) is 4.65. The molecule has 25 heavy (non-hydrogen) atoms. The fourth-order valence-corrected chi connectivity index (χ4v) is 2.59. The molecular formula is C18H26N4O3. The molecular weight excluding hydrogens is 320 g/mol. The summed E-state index contributed by atoms with van der Waals surface area (Å²) in [6, 6.07) is 9.35. The Labute approximate surface area is 147 Å². The number of nitrogens with one attached hydrogen (secondary N) is 1. The van der Waals surface area contributed by atoms with E-state index in [1.165, 1.54) is 0 Å². The first kappa shape index (κ1) is 18.6. The first-order valence-electron chi connectivity index (χ1n) is 8.29.